The fourth-order valence-electron chi connectivity index (χ4n) is 3.64. The van der Waals surface area contributed by atoms with Crippen molar-refractivity contribution >= 4 is 12.0 Å². The van der Waals surface area contributed by atoms with E-state index in [1.54, 1.807) is 0 Å². The summed E-state index contributed by atoms with van der Waals surface area (Å²) in [6.45, 7) is 1.26. The number of nitrogens with one attached hydrogen (secondary N) is 1. The minimum Gasteiger partial charge on any atom is -0.481 e. The van der Waals surface area contributed by atoms with E-state index in [2.05, 4.69) is 5.32 Å². The Bertz CT molecular complexity index is 373. The number of carbonyl (C=O) groups is 2. The van der Waals surface area contributed by atoms with Gasteiger partial charge in [-0.05, 0) is 44.4 Å². The van der Waals surface area contributed by atoms with Crippen molar-refractivity contribution in [2.45, 2.75) is 51.0 Å². The molecule has 0 aromatic carbocycles. The average molecular weight is 298 g/mol. The third kappa shape index (κ3) is 4.09. The van der Waals surface area contributed by atoms with Crippen LogP contribution in [-0.2, 0) is 4.79 Å². The van der Waals surface area contributed by atoms with Crippen molar-refractivity contribution < 1.29 is 19.8 Å². The van der Waals surface area contributed by atoms with E-state index in [4.69, 9.17) is 10.2 Å². The summed E-state index contributed by atoms with van der Waals surface area (Å²) in [5.41, 5.74) is 0. The first-order valence-corrected chi connectivity index (χ1v) is 8.01. The summed E-state index contributed by atoms with van der Waals surface area (Å²) < 4.78 is 0. The molecule has 3 N–H and O–H groups in total. The van der Waals surface area contributed by atoms with Crippen LogP contribution in [0.2, 0.25) is 0 Å². The number of hydrogen-bond donors (Lipinski definition) is 3. The van der Waals surface area contributed by atoms with Crippen LogP contribution in [0.25, 0.3) is 0 Å². The molecule has 0 radical (unpaired) electrons. The number of rotatable bonds is 5. The molecule has 1 heterocycles. The van der Waals surface area contributed by atoms with Crippen LogP contribution >= 0.6 is 0 Å². The third-order valence-electron chi connectivity index (χ3n) is 4.84. The number of carboxylic acids is 1. The molecule has 0 aromatic heterocycles. The molecule has 6 nitrogen and oxygen atoms in total. The molecule has 1 aliphatic carbocycles. The van der Waals surface area contributed by atoms with Crippen LogP contribution in [0.15, 0.2) is 0 Å². The highest BCUT2D eigenvalue weighted by molar-refractivity contribution is 5.75. The lowest BCUT2D eigenvalue weighted by molar-refractivity contribution is -0.142. The standard InChI is InChI=1S/C15H26N2O4/c18-9-7-12-5-1-2-8-17(12)15(21)16-10-11-4-3-6-13(11)14(19)20/h11-13,18H,1-10H2,(H,16,21)(H,19,20). The van der Waals surface area contributed by atoms with Crippen molar-refractivity contribution in [1.82, 2.24) is 10.2 Å². The average Bonchev–Trinajstić information content (AvgIpc) is 2.94. The van der Waals surface area contributed by atoms with E-state index in [-0.39, 0.29) is 30.5 Å². The largest absolute Gasteiger partial charge is 0.481 e. The number of likely N-dealkylation sites (tertiary alicyclic amines) is 1. The number of nitrogens with zero attached hydrogens (tertiary/aromatic N) is 1. The quantitative estimate of drug-likeness (QED) is 0.716. The third-order valence-corrected chi connectivity index (χ3v) is 4.84. The Morgan fingerprint density at radius 3 is 2.67 bits per heavy atom. The Hall–Kier alpha value is -1.30. The van der Waals surface area contributed by atoms with Crippen molar-refractivity contribution in [2.75, 3.05) is 19.7 Å². The topological polar surface area (TPSA) is 89.9 Å². The number of aliphatic hydroxyl groups is 1. The van der Waals surface area contributed by atoms with Gasteiger partial charge < -0.3 is 20.4 Å². The van der Waals surface area contributed by atoms with Crippen molar-refractivity contribution in [1.29, 1.82) is 0 Å². The van der Waals surface area contributed by atoms with Crippen LogP contribution in [0.3, 0.4) is 0 Å². The Morgan fingerprint density at radius 2 is 1.95 bits per heavy atom. The van der Waals surface area contributed by atoms with Gasteiger partial charge in [-0.1, -0.05) is 6.42 Å². The van der Waals surface area contributed by atoms with Crippen molar-refractivity contribution in [2.24, 2.45) is 11.8 Å². The molecule has 21 heavy (non-hydrogen) atoms. The maximum atomic E-state index is 12.3. The molecule has 3 atom stereocenters. The van der Waals surface area contributed by atoms with Crippen molar-refractivity contribution in [3.05, 3.63) is 0 Å². The number of carbonyl (C=O) groups excluding carboxylic acids is 1. The van der Waals surface area contributed by atoms with Gasteiger partial charge in [0.1, 0.15) is 0 Å². The van der Waals surface area contributed by atoms with E-state index in [1.807, 2.05) is 4.90 Å². The summed E-state index contributed by atoms with van der Waals surface area (Å²) in [7, 11) is 0. The highest BCUT2D eigenvalue weighted by atomic mass is 16.4. The van der Waals surface area contributed by atoms with Crippen LogP contribution in [0.1, 0.15) is 44.9 Å². The Morgan fingerprint density at radius 1 is 1.14 bits per heavy atom. The van der Waals surface area contributed by atoms with Crippen LogP contribution < -0.4 is 5.32 Å². The second kappa shape index (κ2) is 7.64. The molecule has 2 rings (SSSR count). The Labute approximate surface area is 125 Å². The monoisotopic (exact) mass is 298 g/mol. The lowest BCUT2D eigenvalue weighted by atomic mass is 9.96. The summed E-state index contributed by atoms with van der Waals surface area (Å²) in [4.78, 5) is 25.3. The normalized spacial score (nSPS) is 29.4. The second-order valence-corrected chi connectivity index (χ2v) is 6.18. The molecule has 1 saturated heterocycles. The lowest BCUT2D eigenvalue weighted by Crippen LogP contribution is -2.50. The van der Waals surface area contributed by atoms with E-state index < -0.39 is 5.97 Å². The fourth-order valence-corrected chi connectivity index (χ4v) is 3.64. The van der Waals surface area contributed by atoms with Gasteiger partial charge in [-0.15, -0.1) is 0 Å². The van der Waals surface area contributed by atoms with Crippen molar-refractivity contribution in [3.63, 3.8) is 0 Å². The summed E-state index contributed by atoms with van der Waals surface area (Å²) >= 11 is 0. The van der Waals surface area contributed by atoms with Gasteiger partial charge in [-0.3, -0.25) is 4.79 Å². The van der Waals surface area contributed by atoms with Crippen LogP contribution in [-0.4, -0.2) is 52.9 Å². The van der Waals surface area contributed by atoms with Gasteiger partial charge in [0.15, 0.2) is 0 Å². The minimum absolute atomic E-state index is 0.0486. The zero-order valence-corrected chi connectivity index (χ0v) is 12.5. The van der Waals surface area contributed by atoms with E-state index in [1.165, 1.54) is 0 Å². The van der Waals surface area contributed by atoms with Crippen molar-refractivity contribution in [3.8, 4) is 0 Å². The molecule has 3 unspecified atom stereocenters. The number of carboxylic acid groups (broad SMARTS) is 1. The van der Waals surface area contributed by atoms with Gasteiger partial charge >= 0.3 is 12.0 Å². The molecule has 2 aliphatic rings. The van der Waals surface area contributed by atoms with Crippen LogP contribution in [0.4, 0.5) is 4.79 Å². The van der Waals surface area contributed by atoms with E-state index >= 15 is 0 Å². The summed E-state index contributed by atoms with van der Waals surface area (Å²) in [5.74, 6) is -1.02. The first kappa shape index (κ1) is 16.1. The maximum Gasteiger partial charge on any atom is 0.317 e. The molecule has 120 valence electrons. The van der Waals surface area contributed by atoms with Gasteiger partial charge in [-0.2, -0.15) is 0 Å². The van der Waals surface area contributed by atoms with E-state index in [9.17, 15) is 9.59 Å². The zero-order chi connectivity index (χ0) is 15.2. The number of aliphatic hydroxyl groups excluding tert-OH is 1. The van der Waals surface area contributed by atoms with Gasteiger partial charge in [0.2, 0.25) is 0 Å². The highest BCUT2D eigenvalue weighted by Crippen LogP contribution is 2.31. The molecule has 2 fully saturated rings. The molecule has 0 spiro atoms. The number of aliphatic carboxylic acids is 1. The lowest BCUT2D eigenvalue weighted by Gasteiger charge is -2.35. The minimum atomic E-state index is -0.747. The number of piperidine rings is 1. The maximum absolute atomic E-state index is 12.3. The Kier molecular flexibility index (Phi) is 5.85. The summed E-state index contributed by atoms with van der Waals surface area (Å²) in [6.07, 6.45) is 6.16. The first-order chi connectivity index (χ1) is 10.1. The summed E-state index contributed by atoms with van der Waals surface area (Å²) in [5, 5.41) is 21.2. The molecule has 1 aliphatic heterocycles. The molecule has 0 aromatic rings. The number of hydrogen-bond acceptors (Lipinski definition) is 3. The van der Waals surface area contributed by atoms with Gasteiger partial charge in [0.25, 0.3) is 0 Å². The predicted molar refractivity (Wildman–Crippen MR) is 77.9 cm³/mol. The Balaban J connectivity index is 1.84. The van der Waals surface area contributed by atoms with E-state index in [0.717, 1.165) is 38.6 Å². The molecular weight excluding hydrogens is 272 g/mol. The second-order valence-electron chi connectivity index (χ2n) is 6.18. The molecule has 1 saturated carbocycles. The smallest absolute Gasteiger partial charge is 0.317 e. The highest BCUT2D eigenvalue weighted by Gasteiger charge is 2.34. The molecule has 6 heteroatoms. The molecular formula is C15H26N2O4. The first-order valence-electron chi connectivity index (χ1n) is 8.01. The fraction of sp³-hybridized carbons (Fsp3) is 0.867. The van der Waals surface area contributed by atoms with E-state index in [0.29, 0.717) is 19.4 Å². The summed E-state index contributed by atoms with van der Waals surface area (Å²) in [6, 6.07) is 0.00628. The predicted octanol–water partition coefficient (Wildman–Crippen LogP) is 1.43. The van der Waals surface area contributed by atoms with Crippen LogP contribution in [0, 0.1) is 11.8 Å². The zero-order valence-electron chi connectivity index (χ0n) is 12.5. The van der Waals surface area contributed by atoms with Crippen LogP contribution in [0.5, 0.6) is 0 Å². The van der Waals surface area contributed by atoms with Gasteiger partial charge in [0.05, 0.1) is 5.92 Å². The SMILES string of the molecule is O=C(O)C1CCCC1CNC(=O)N1CCCCC1CCO. The molecule has 2 amide bonds. The number of amides is 2. The van der Waals surface area contributed by atoms with Gasteiger partial charge in [-0.25, -0.2) is 4.79 Å². The number of urea groups is 1. The van der Waals surface area contributed by atoms with Gasteiger partial charge in [0, 0.05) is 25.7 Å². The molecule has 0 bridgehead atoms.